The molecule has 1 aromatic carbocycles. The maximum atomic E-state index is 2.55. The van der Waals surface area contributed by atoms with Crippen LogP contribution in [0.3, 0.4) is 0 Å². The summed E-state index contributed by atoms with van der Waals surface area (Å²) in [6.45, 7) is 11.8. The molecular formula is C21H30. The Kier molecular flexibility index (Phi) is 3.99. The third kappa shape index (κ3) is 2.70. The predicted octanol–water partition coefficient (Wildman–Crippen LogP) is 5.95. The van der Waals surface area contributed by atoms with Crippen LogP contribution in [0.1, 0.15) is 62.3 Å². The van der Waals surface area contributed by atoms with E-state index in [1.807, 2.05) is 0 Å². The lowest BCUT2D eigenvalue weighted by Crippen LogP contribution is -2.29. The van der Waals surface area contributed by atoms with Crippen molar-refractivity contribution in [3.8, 4) is 0 Å². The normalized spacial score (nSPS) is 28.7. The molecule has 114 valence electrons. The molecule has 3 atom stereocenters. The van der Waals surface area contributed by atoms with Gasteiger partial charge in [-0.2, -0.15) is 0 Å². The van der Waals surface area contributed by atoms with Crippen LogP contribution in [0.15, 0.2) is 17.7 Å². The fraction of sp³-hybridized carbons (Fsp3) is 0.619. The molecule has 0 bridgehead atoms. The Labute approximate surface area is 130 Å². The van der Waals surface area contributed by atoms with E-state index in [9.17, 15) is 0 Å². The maximum Gasteiger partial charge on any atom is -0.00522 e. The van der Waals surface area contributed by atoms with Crippen molar-refractivity contribution in [3.63, 3.8) is 0 Å². The van der Waals surface area contributed by atoms with Crippen LogP contribution < -0.4 is 0 Å². The molecule has 3 rings (SSSR count). The van der Waals surface area contributed by atoms with Crippen LogP contribution in [-0.2, 0) is 6.42 Å². The zero-order valence-electron chi connectivity index (χ0n) is 14.4. The van der Waals surface area contributed by atoms with Crippen molar-refractivity contribution in [1.82, 2.24) is 0 Å². The van der Waals surface area contributed by atoms with Gasteiger partial charge in [0.2, 0.25) is 0 Å². The Morgan fingerprint density at radius 1 is 1.05 bits per heavy atom. The van der Waals surface area contributed by atoms with E-state index in [-0.39, 0.29) is 0 Å². The first kappa shape index (κ1) is 14.9. The van der Waals surface area contributed by atoms with Crippen LogP contribution in [-0.4, -0.2) is 0 Å². The monoisotopic (exact) mass is 282 g/mol. The minimum atomic E-state index is 0.814. The van der Waals surface area contributed by atoms with Crippen LogP contribution >= 0.6 is 0 Å². The highest BCUT2D eigenvalue weighted by Gasteiger charge is 2.34. The lowest BCUT2D eigenvalue weighted by atomic mass is 9.67. The maximum absolute atomic E-state index is 2.55. The van der Waals surface area contributed by atoms with E-state index < -0.39 is 0 Å². The van der Waals surface area contributed by atoms with E-state index in [0.29, 0.717) is 0 Å². The Morgan fingerprint density at radius 3 is 2.43 bits per heavy atom. The molecule has 1 saturated carbocycles. The van der Waals surface area contributed by atoms with Crippen molar-refractivity contribution in [2.45, 2.75) is 60.3 Å². The van der Waals surface area contributed by atoms with E-state index in [2.05, 4.69) is 52.8 Å². The molecule has 21 heavy (non-hydrogen) atoms. The topological polar surface area (TPSA) is 0 Å². The van der Waals surface area contributed by atoms with Gasteiger partial charge in [-0.15, -0.1) is 0 Å². The molecule has 0 nitrogen and oxygen atoms in total. The quantitative estimate of drug-likeness (QED) is 0.628. The summed E-state index contributed by atoms with van der Waals surface area (Å²) in [5.41, 5.74) is 7.80. The van der Waals surface area contributed by atoms with Gasteiger partial charge in [0, 0.05) is 0 Å². The molecular weight excluding hydrogens is 252 g/mol. The number of fused-ring (bicyclic) bond motifs is 1. The minimum Gasteiger partial charge on any atom is -0.0625 e. The summed E-state index contributed by atoms with van der Waals surface area (Å²) >= 11 is 0. The van der Waals surface area contributed by atoms with Gasteiger partial charge in [-0.05, 0) is 79.0 Å². The zero-order valence-corrected chi connectivity index (χ0v) is 14.4. The number of hydrogen-bond donors (Lipinski definition) is 0. The minimum absolute atomic E-state index is 0.814. The van der Waals surface area contributed by atoms with Gasteiger partial charge in [0.25, 0.3) is 0 Å². The second-order valence-electron chi connectivity index (χ2n) is 7.92. The first-order chi connectivity index (χ1) is 9.97. The lowest BCUT2D eigenvalue weighted by Gasteiger charge is -2.38. The molecule has 1 aromatic rings. The van der Waals surface area contributed by atoms with Gasteiger partial charge < -0.3 is 0 Å². The number of rotatable bonds is 2. The molecule has 2 aliphatic rings. The van der Waals surface area contributed by atoms with Crippen molar-refractivity contribution in [1.29, 1.82) is 0 Å². The van der Waals surface area contributed by atoms with Crippen molar-refractivity contribution >= 4 is 6.08 Å². The molecule has 0 unspecified atom stereocenters. The molecule has 0 amide bonds. The molecule has 0 spiro atoms. The lowest BCUT2D eigenvalue weighted by molar-refractivity contribution is 0.169. The summed E-state index contributed by atoms with van der Waals surface area (Å²) in [7, 11) is 0. The van der Waals surface area contributed by atoms with Crippen LogP contribution in [0, 0.1) is 37.5 Å². The zero-order chi connectivity index (χ0) is 15.1. The van der Waals surface area contributed by atoms with Gasteiger partial charge in [0.1, 0.15) is 0 Å². The molecule has 0 heterocycles. The third-order valence-electron chi connectivity index (χ3n) is 6.02. The van der Waals surface area contributed by atoms with Gasteiger partial charge >= 0.3 is 0 Å². The summed E-state index contributed by atoms with van der Waals surface area (Å²) in [6.07, 6.45) is 8.02. The van der Waals surface area contributed by atoms with E-state index in [0.717, 1.165) is 23.7 Å². The standard InChI is InChI=1S/C21H30/c1-13(2)18-9-6-14(3)10-21(18)17-11-19-15(4)7-8-16(5)20(19)12-17/h7-8,11,13-14,18,21H,6,9-10,12H2,1-5H3/t14-,18+,21-/m0/s1. The van der Waals surface area contributed by atoms with E-state index in [1.54, 1.807) is 11.1 Å². The van der Waals surface area contributed by atoms with Gasteiger partial charge in [-0.1, -0.05) is 51.0 Å². The van der Waals surface area contributed by atoms with Crippen molar-refractivity contribution in [3.05, 3.63) is 40.0 Å². The summed E-state index contributed by atoms with van der Waals surface area (Å²) in [6, 6.07) is 4.59. The molecule has 2 aliphatic carbocycles. The van der Waals surface area contributed by atoms with Crippen LogP contribution in [0.25, 0.3) is 6.08 Å². The molecule has 0 aromatic heterocycles. The van der Waals surface area contributed by atoms with Crippen molar-refractivity contribution in [2.75, 3.05) is 0 Å². The number of benzene rings is 1. The fourth-order valence-electron chi connectivity index (χ4n) is 4.63. The Balaban J connectivity index is 1.92. The third-order valence-corrected chi connectivity index (χ3v) is 6.02. The average Bonchev–Trinajstić information content (AvgIpc) is 2.89. The highest BCUT2D eigenvalue weighted by molar-refractivity contribution is 5.68. The summed E-state index contributed by atoms with van der Waals surface area (Å²) in [4.78, 5) is 0. The van der Waals surface area contributed by atoms with Gasteiger partial charge in [0.15, 0.2) is 0 Å². The fourth-order valence-corrected chi connectivity index (χ4v) is 4.63. The molecule has 1 fully saturated rings. The second-order valence-corrected chi connectivity index (χ2v) is 7.92. The Morgan fingerprint density at radius 2 is 1.76 bits per heavy atom. The summed E-state index contributed by atoms with van der Waals surface area (Å²) in [5, 5.41) is 0. The van der Waals surface area contributed by atoms with Crippen LogP contribution in [0.2, 0.25) is 0 Å². The molecule has 0 radical (unpaired) electrons. The average molecular weight is 282 g/mol. The molecule has 0 aliphatic heterocycles. The smallest absolute Gasteiger partial charge is 0.00522 e. The highest BCUT2D eigenvalue weighted by atomic mass is 14.4. The Hall–Kier alpha value is -1.04. The van der Waals surface area contributed by atoms with Gasteiger partial charge in [0.05, 0.1) is 0 Å². The van der Waals surface area contributed by atoms with Crippen LogP contribution in [0.5, 0.6) is 0 Å². The first-order valence-corrected chi connectivity index (χ1v) is 8.77. The number of allylic oxidation sites excluding steroid dienone is 1. The molecule has 0 N–H and O–H groups in total. The highest BCUT2D eigenvalue weighted by Crippen LogP contribution is 2.45. The summed E-state index contributed by atoms with van der Waals surface area (Å²) < 4.78 is 0. The summed E-state index contributed by atoms with van der Waals surface area (Å²) in [5.74, 6) is 3.42. The van der Waals surface area contributed by atoms with Crippen LogP contribution in [0.4, 0.5) is 0 Å². The number of aryl methyl sites for hydroxylation is 2. The first-order valence-electron chi connectivity index (χ1n) is 8.77. The Bertz CT molecular complexity index is 562. The van der Waals surface area contributed by atoms with E-state index >= 15 is 0 Å². The van der Waals surface area contributed by atoms with E-state index in [4.69, 9.17) is 0 Å². The van der Waals surface area contributed by atoms with E-state index in [1.165, 1.54) is 42.4 Å². The SMILES string of the molecule is Cc1ccc(C)c2c1C=C([C@@H]1C[C@@H](C)CC[C@@H]1C(C)C)C2. The molecule has 0 saturated heterocycles. The predicted molar refractivity (Wildman–Crippen MR) is 92.4 cm³/mol. The van der Waals surface area contributed by atoms with Crippen molar-refractivity contribution in [2.24, 2.45) is 23.7 Å². The van der Waals surface area contributed by atoms with Crippen molar-refractivity contribution < 1.29 is 0 Å². The van der Waals surface area contributed by atoms with Gasteiger partial charge in [-0.25, -0.2) is 0 Å². The van der Waals surface area contributed by atoms with Gasteiger partial charge in [-0.3, -0.25) is 0 Å². The second kappa shape index (κ2) is 5.63. The largest absolute Gasteiger partial charge is 0.0625 e. The number of hydrogen-bond acceptors (Lipinski definition) is 0. The molecule has 0 heteroatoms.